The van der Waals surface area contributed by atoms with Crippen LogP contribution in [0.2, 0.25) is 0 Å². The molecule has 4 nitrogen and oxygen atoms in total. The zero-order valence-corrected chi connectivity index (χ0v) is 11.5. The van der Waals surface area contributed by atoms with Crippen LogP contribution < -0.4 is 4.74 Å². The quantitative estimate of drug-likeness (QED) is 0.308. The number of phenols is 1. The van der Waals surface area contributed by atoms with Crippen LogP contribution in [0.25, 0.3) is 0 Å². The van der Waals surface area contributed by atoms with Crippen molar-refractivity contribution in [2.75, 3.05) is 6.61 Å². The van der Waals surface area contributed by atoms with Crippen LogP contribution in [0.4, 0.5) is 0 Å². The molecule has 19 heavy (non-hydrogen) atoms. The molecule has 0 aromatic heterocycles. The van der Waals surface area contributed by atoms with Crippen LogP contribution in [0, 0.1) is 0 Å². The molecular formula is C15H23NO3. The first-order valence-electron chi connectivity index (χ1n) is 6.91. The predicted molar refractivity (Wildman–Crippen MR) is 76.4 cm³/mol. The summed E-state index contributed by atoms with van der Waals surface area (Å²) < 4.78 is 5.56. The molecule has 2 N–H and O–H groups in total. The average molecular weight is 265 g/mol. The number of nitrogens with zero attached hydrogens (tertiary/aromatic N) is 1. The van der Waals surface area contributed by atoms with E-state index in [-0.39, 0.29) is 5.75 Å². The second kappa shape index (κ2) is 9.25. The van der Waals surface area contributed by atoms with E-state index < -0.39 is 0 Å². The minimum atomic E-state index is 0.0539. The largest absolute Gasteiger partial charge is 0.507 e. The van der Waals surface area contributed by atoms with Gasteiger partial charge < -0.3 is 15.1 Å². The van der Waals surface area contributed by atoms with Gasteiger partial charge in [-0.3, -0.25) is 0 Å². The Morgan fingerprint density at radius 1 is 1.16 bits per heavy atom. The van der Waals surface area contributed by atoms with E-state index in [2.05, 4.69) is 12.1 Å². The Morgan fingerprint density at radius 2 is 1.89 bits per heavy atom. The van der Waals surface area contributed by atoms with Gasteiger partial charge in [-0.2, -0.15) is 0 Å². The van der Waals surface area contributed by atoms with Crippen molar-refractivity contribution in [1.29, 1.82) is 0 Å². The third-order valence-electron chi connectivity index (χ3n) is 2.97. The van der Waals surface area contributed by atoms with Crippen molar-refractivity contribution in [1.82, 2.24) is 0 Å². The molecule has 0 amide bonds. The molecule has 1 aromatic rings. The summed E-state index contributed by atoms with van der Waals surface area (Å²) >= 11 is 0. The Balaban J connectivity index is 2.24. The normalized spacial score (nSPS) is 11.0. The summed E-state index contributed by atoms with van der Waals surface area (Å²) in [5, 5.41) is 20.9. The molecular weight excluding hydrogens is 242 g/mol. The van der Waals surface area contributed by atoms with Crippen molar-refractivity contribution in [3.05, 3.63) is 23.8 Å². The van der Waals surface area contributed by atoms with Crippen LogP contribution >= 0.6 is 0 Å². The topological polar surface area (TPSA) is 62.0 Å². The standard InChI is InChI=1S/C15H23NO3/c1-2-3-4-5-6-7-10-19-14-9-8-13(12-16-18)15(17)11-14/h8-9,11-12,17-18H,2-7,10H2,1H3/b16-12+. The molecule has 106 valence electrons. The van der Waals surface area contributed by atoms with Gasteiger partial charge in [0.05, 0.1) is 12.8 Å². The van der Waals surface area contributed by atoms with Gasteiger partial charge in [0.2, 0.25) is 0 Å². The zero-order valence-electron chi connectivity index (χ0n) is 11.5. The van der Waals surface area contributed by atoms with Gasteiger partial charge in [-0.15, -0.1) is 0 Å². The maximum Gasteiger partial charge on any atom is 0.128 e. The van der Waals surface area contributed by atoms with E-state index in [1.54, 1.807) is 12.1 Å². The Hall–Kier alpha value is -1.71. The number of hydrogen-bond acceptors (Lipinski definition) is 4. The van der Waals surface area contributed by atoms with Crippen LogP contribution in [0.5, 0.6) is 11.5 Å². The Kier molecular flexibility index (Phi) is 7.47. The molecule has 0 aliphatic rings. The first-order chi connectivity index (χ1) is 9.27. The molecule has 0 bridgehead atoms. The number of hydrogen-bond donors (Lipinski definition) is 2. The molecule has 0 radical (unpaired) electrons. The summed E-state index contributed by atoms with van der Waals surface area (Å²) in [6, 6.07) is 4.95. The van der Waals surface area contributed by atoms with Crippen molar-refractivity contribution in [2.45, 2.75) is 45.4 Å². The third-order valence-corrected chi connectivity index (χ3v) is 2.97. The minimum Gasteiger partial charge on any atom is -0.507 e. The maximum atomic E-state index is 9.64. The van der Waals surface area contributed by atoms with Crippen LogP contribution in [-0.4, -0.2) is 23.1 Å². The van der Waals surface area contributed by atoms with Crippen molar-refractivity contribution >= 4 is 6.21 Å². The predicted octanol–water partition coefficient (Wildman–Crippen LogP) is 3.94. The SMILES string of the molecule is CCCCCCCCOc1ccc(/C=N/O)c(O)c1. The van der Waals surface area contributed by atoms with Gasteiger partial charge in [0, 0.05) is 11.6 Å². The van der Waals surface area contributed by atoms with E-state index in [4.69, 9.17) is 9.94 Å². The van der Waals surface area contributed by atoms with Crippen molar-refractivity contribution in [3.63, 3.8) is 0 Å². The van der Waals surface area contributed by atoms with Gasteiger partial charge >= 0.3 is 0 Å². The summed E-state index contributed by atoms with van der Waals surface area (Å²) in [5.41, 5.74) is 0.467. The van der Waals surface area contributed by atoms with E-state index in [1.807, 2.05) is 0 Å². The molecule has 1 aromatic carbocycles. The number of benzene rings is 1. The first-order valence-corrected chi connectivity index (χ1v) is 6.91. The van der Waals surface area contributed by atoms with Gasteiger partial charge in [-0.1, -0.05) is 44.2 Å². The Morgan fingerprint density at radius 3 is 2.58 bits per heavy atom. The smallest absolute Gasteiger partial charge is 0.128 e. The zero-order chi connectivity index (χ0) is 13.9. The Labute approximate surface area is 114 Å². The van der Waals surface area contributed by atoms with Gasteiger partial charge in [0.15, 0.2) is 0 Å². The highest BCUT2D eigenvalue weighted by Gasteiger charge is 2.01. The summed E-state index contributed by atoms with van der Waals surface area (Å²) in [5.74, 6) is 0.694. The van der Waals surface area contributed by atoms with Gasteiger partial charge in [0.1, 0.15) is 11.5 Å². The lowest BCUT2D eigenvalue weighted by Gasteiger charge is -2.07. The van der Waals surface area contributed by atoms with Crippen LogP contribution in [-0.2, 0) is 0 Å². The third kappa shape index (κ3) is 6.13. The molecule has 0 heterocycles. The van der Waals surface area contributed by atoms with Gasteiger partial charge in [-0.05, 0) is 18.6 Å². The lowest BCUT2D eigenvalue weighted by atomic mass is 10.1. The van der Waals surface area contributed by atoms with Gasteiger partial charge in [0.25, 0.3) is 0 Å². The minimum absolute atomic E-state index is 0.0539. The number of oxime groups is 1. The number of rotatable bonds is 9. The molecule has 0 saturated carbocycles. The molecule has 0 spiro atoms. The molecule has 0 unspecified atom stereocenters. The number of unbranched alkanes of at least 4 members (excludes halogenated alkanes) is 5. The average Bonchev–Trinajstić information content (AvgIpc) is 2.41. The fourth-order valence-electron chi connectivity index (χ4n) is 1.86. The number of ether oxygens (including phenoxy) is 1. The van der Waals surface area contributed by atoms with Crippen LogP contribution in [0.1, 0.15) is 51.0 Å². The Bertz CT molecular complexity index is 391. The highest BCUT2D eigenvalue weighted by atomic mass is 16.5. The van der Waals surface area contributed by atoms with Crippen LogP contribution in [0.3, 0.4) is 0 Å². The molecule has 0 aliphatic heterocycles. The van der Waals surface area contributed by atoms with E-state index in [0.717, 1.165) is 6.42 Å². The van der Waals surface area contributed by atoms with E-state index in [0.29, 0.717) is 17.9 Å². The van der Waals surface area contributed by atoms with Crippen molar-refractivity contribution < 1.29 is 15.1 Å². The van der Waals surface area contributed by atoms with Crippen molar-refractivity contribution in [2.24, 2.45) is 5.16 Å². The molecule has 0 saturated heterocycles. The first kappa shape index (κ1) is 15.3. The lowest BCUT2D eigenvalue weighted by Crippen LogP contribution is -1.97. The van der Waals surface area contributed by atoms with E-state index in [9.17, 15) is 5.11 Å². The summed E-state index contributed by atoms with van der Waals surface area (Å²) in [6.07, 6.45) is 8.53. The summed E-state index contributed by atoms with van der Waals surface area (Å²) in [7, 11) is 0. The van der Waals surface area contributed by atoms with E-state index >= 15 is 0 Å². The van der Waals surface area contributed by atoms with E-state index in [1.165, 1.54) is 44.4 Å². The molecule has 1 rings (SSSR count). The molecule has 0 fully saturated rings. The number of aromatic hydroxyl groups is 1. The van der Waals surface area contributed by atoms with Gasteiger partial charge in [-0.25, -0.2) is 0 Å². The molecule has 0 aliphatic carbocycles. The second-order valence-corrected chi connectivity index (χ2v) is 4.58. The molecule has 4 heteroatoms. The fraction of sp³-hybridized carbons (Fsp3) is 0.533. The summed E-state index contributed by atoms with van der Waals surface area (Å²) in [6.45, 7) is 2.87. The monoisotopic (exact) mass is 265 g/mol. The van der Waals surface area contributed by atoms with Crippen molar-refractivity contribution in [3.8, 4) is 11.5 Å². The second-order valence-electron chi connectivity index (χ2n) is 4.58. The van der Waals surface area contributed by atoms with Crippen LogP contribution in [0.15, 0.2) is 23.4 Å². The lowest BCUT2D eigenvalue weighted by molar-refractivity contribution is 0.302. The fourth-order valence-corrected chi connectivity index (χ4v) is 1.86. The number of phenolic OH excluding ortho intramolecular Hbond substituents is 1. The summed E-state index contributed by atoms with van der Waals surface area (Å²) in [4.78, 5) is 0. The maximum absolute atomic E-state index is 9.64. The highest BCUT2D eigenvalue weighted by molar-refractivity contribution is 5.83. The highest BCUT2D eigenvalue weighted by Crippen LogP contribution is 2.22. The molecule has 0 atom stereocenters.